The van der Waals surface area contributed by atoms with Gasteiger partial charge in [0, 0.05) is 27.0 Å². The second kappa shape index (κ2) is 8.05. The zero-order valence-corrected chi connectivity index (χ0v) is 17.6. The number of carbonyl (C=O) groups is 3. The number of phenols is 1. The quantitative estimate of drug-likeness (QED) is 0.423. The first-order valence-electron chi connectivity index (χ1n) is 8.69. The molecule has 3 rings (SSSR count). The molecule has 1 amide bonds. The summed E-state index contributed by atoms with van der Waals surface area (Å²) in [4.78, 5) is 38.8. The number of carbonyl (C=O) groups excluding carboxylic acids is 3. The molecule has 0 aliphatic carbocycles. The Bertz CT molecular complexity index is 1100. The van der Waals surface area contributed by atoms with E-state index >= 15 is 0 Å². The molecule has 2 aromatic carbocycles. The highest BCUT2D eigenvalue weighted by Crippen LogP contribution is 2.37. The molecular weight excluding hydrogens is 438 g/mol. The summed E-state index contributed by atoms with van der Waals surface area (Å²) in [6, 6.07) is 11.4. The van der Waals surface area contributed by atoms with Crippen LogP contribution in [0.5, 0.6) is 5.75 Å². The molecule has 6 nitrogen and oxygen atoms in total. The fourth-order valence-electron chi connectivity index (χ4n) is 3.15. The molecule has 1 aliphatic heterocycles. The van der Waals surface area contributed by atoms with Crippen LogP contribution in [0.3, 0.4) is 0 Å². The number of Topliss-reactive ketones (excluding diaryl/α,β-unsaturated/α-hetero) is 1. The van der Waals surface area contributed by atoms with Gasteiger partial charge in [-0.15, -0.1) is 0 Å². The molecule has 0 radical (unpaired) electrons. The van der Waals surface area contributed by atoms with Gasteiger partial charge in [0.05, 0.1) is 18.3 Å². The Hall–Kier alpha value is -3.19. The lowest BCUT2D eigenvalue weighted by Crippen LogP contribution is -2.24. The first kappa shape index (κ1) is 20.5. The van der Waals surface area contributed by atoms with E-state index in [-0.39, 0.29) is 22.7 Å². The summed E-state index contributed by atoms with van der Waals surface area (Å²) in [7, 11) is 1.24. The Balaban J connectivity index is 2.18. The lowest BCUT2D eigenvalue weighted by Gasteiger charge is -2.18. The fourth-order valence-corrected chi connectivity index (χ4v) is 3.53. The molecule has 148 valence electrons. The van der Waals surface area contributed by atoms with E-state index in [0.29, 0.717) is 27.0 Å². The van der Waals surface area contributed by atoms with Crippen molar-refractivity contribution in [3.63, 3.8) is 0 Å². The van der Waals surface area contributed by atoms with Gasteiger partial charge in [-0.1, -0.05) is 28.1 Å². The molecule has 0 aromatic heterocycles. The predicted octanol–water partition coefficient (Wildman–Crippen LogP) is 4.23. The van der Waals surface area contributed by atoms with Gasteiger partial charge in [0.15, 0.2) is 5.78 Å². The van der Waals surface area contributed by atoms with Crippen molar-refractivity contribution < 1.29 is 24.2 Å². The maximum Gasteiger partial charge on any atom is 0.340 e. The van der Waals surface area contributed by atoms with E-state index in [4.69, 9.17) is 4.74 Å². The standard InChI is InChI=1S/C22H18BrNO5/c1-12-20(22(28)29-3)18(11-15-9-16(23)7-8-19(15)26)21(27)24(12)17-6-4-5-14(10-17)13(2)25/h4-11,26H,1-3H3. The number of hydrogen-bond donors (Lipinski definition) is 1. The van der Waals surface area contributed by atoms with Crippen molar-refractivity contribution in [2.45, 2.75) is 13.8 Å². The van der Waals surface area contributed by atoms with Gasteiger partial charge in [0.2, 0.25) is 0 Å². The topological polar surface area (TPSA) is 83.9 Å². The predicted molar refractivity (Wildman–Crippen MR) is 112 cm³/mol. The second-order valence-corrected chi connectivity index (χ2v) is 7.38. The van der Waals surface area contributed by atoms with Gasteiger partial charge >= 0.3 is 5.97 Å². The number of nitrogens with zero attached hydrogens (tertiary/aromatic N) is 1. The number of esters is 1. The number of halogens is 1. The minimum absolute atomic E-state index is 0.0348. The molecule has 0 bridgehead atoms. The zero-order chi connectivity index (χ0) is 21.3. The van der Waals surface area contributed by atoms with Crippen molar-refractivity contribution >= 4 is 45.4 Å². The van der Waals surface area contributed by atoms with E-state index < -0.39 is 11.9 Å². The third kappa shape index (κ3) is 3.86. The highest BCUT2D eigenvalue weighted by atomic mass is 79.9. The van der Waals surface area contributed by atoms with Crippen LogP contribution >= 0.6 is 15.9 Å². The van der Waals surface area contributed by atoms with E-state index in [2.05, 4.69) is 15.9 Å². The number of benzene rings is 2. The van der Waals surface area contributed by atoms with Crippen molar-refractivity contribution in [2.24, 2.45) is 0 Å². The Labute approximate surface area is 176 Å². The highest BCUT2D eigenvalue weighted by Gasteiger charge is 2.38. The third-order valence-electron chi connectivity index (χ3n) is 4.59. The lowest BCUT2D eigenvalue weighted by atomic mass is 10.0. The first-order valence-corrected chi connectivity index (χ1v) is 9.49. The molecule has 2 aromatic rings. The summed E-state index contributed by atoms with van der Waals surface area (Å²) < 4.78 is 5.59. The van der Waals surface area contributed by atoms with Crippen LogP contribution in [0.1, 0.15) is 29.8 Å². The first-order chi connectivity index (χ1) is 13.7. The molecule has 29 heavy (non-hydrogen) atoms. The fraction of sp³-hybridized carbons (Fsp3) is 0.136. The molecule has 0 fully saturated rings. The Morgan fingerprint density at radius 2 is 1.90 bits per heavy atom. The lowest BCUT2D eigenvalue weighted by molar-refractivity contribution is -0.136. The van der Waals surface area contributed by atoms with E-state index in [1.807, 2.05) is 0 Å². The number of hydrogen-bond acceptors (Lipinski definition) is 5. The molecule has 0 atom stereocenters. The zero-order valence-electron chi connectivity index (χ0n) is 16.0. The Kier molecular flexibility index (Phi) is 5.70. The number of aromatic hydroxyl groups is 1. The summed E-state index contributed by atoms with van der Waals surface area (Å²) in [5.41, 5.74) is 1.86. The van der Waals surface area contributed by atoms with Gasteiger partial charge in [0.1, 0.15) is 5.75 Å². The number of rotatable bonds is 4. The number of allylic oxidation sites excluding steroid dienone is 1. The van der Waals surface area contributed by atoms with Crippen LogP contribution < -0.4 is 4.90 Å². The molecule has 0 saturated carbocycles. The molecule has 0 spiro atoms. The van der Waals surface area contributed by atoms with Crippen LogP contribution in [0, 0.1) is 0 Å². The average Bonchev–Trinajstić information content (AvgIpc) is 2.94. The maximum atomic E-state index is 13.3. The van der Waals surface area contributed by atoms with E-state index in [1.54, 1.807) is 43.3 Å². The summed E-state index contributed by atoms with van der Waals surface area (Å²) in [6.07, 6.45) is 1.45. The molecule has 1 N–H and O–H groups in total. The number of ether oxygens (including phenoxy) is 1. The van der Waals surface area contributed by atoms with Crippen LogP contribution in [-0.4, -0.2) is 29.9 Å². The van der Waals surface area contributed by atoms with Crippen molar-refractivity contribution in [2.75, 3.05) is 12.0 Å². The van der Waals surface area contributed by atoms with Crippen LogP contribution in [-0.2, 0) is 14.3 Å². The number of anilines is 1. The van der Waals surface area contributed by atoms with E-state index in [1.165, 1.54) is 31.1 Å². The monoisotopic (exact) mass is 455 g/mol. The minimum Gasteiger partial charge on any atom is -0.507 e. The average molecular weight is 456 g/mol. The summed E-state index contributed by atoms with van der Waals surface area (Å²) in [6.45, 7) is 3.07. The molecule has 7 heteroatoms. The molecule has 1 heterocycles. The summed E-state index contributed by atoms with van der Waals surface area (Å²) in [5, 5.41) is 10.1. The second-order valence-electron chi connectivity index (χ2n) is 6.46. The minimum atomic E-state index is -0.665. The van der Waals surface area contributed by atoms with Crippen molar-refractivity contribution in [3.8, 4) is 5.75 Å². The summed E-state index contributed by atoms with van der Waals surface area (Å²) >= 11 is 3.33. The third-order valence-corrected chi connectivity index (χ3v) is 5.08. The van der Waals surface area contributed by atoms with Gasteiger partial charge < -0.3 is 9.84 Å². The van der Waals surface area contributed by atoms with Crippen molar-refractivity contribution in [3.05, 3.63) is 74.9 Å². The van der Waals surface area contributed by atoms with Gasteiger partial charge in [-0.3, -0.25) is 14.5 Å². The number of phenolic OH excluding ortho intramolecular Hbond substituents is 1. The summed E-state index contributed by atoms with van der Waals surface area (Å²) in [5.74, 6) is -1.29. The van der Waals surface area contributed by atoms with Gasteiger partial charge in [0.25, 0.3) is 5.91 Å². The Morgan fingerprint density at radius 1 is 1.17 bits per heavy atom. The van der Waals surface area contributed by atoms with Crippen LogP contribution in [0.4, 0.5) is 5.69 Å². The smallest absolute Gasteiger partial charge is 0.340 e. The molecule has 0 unspecified atom stereocenters. The molecule has 1 aliphatic rings. The molecule has 0 saturated heterocycles. The van der Waals surface area contributed by atoms with Crippen LogP contribution in [0.15, 0.2) is 63.8 Å². The van der Waals surface area contributed by atoms with Crippen LogP contribution in [0.2, 0.25) is 0 Å². The van der Waals surface area contributed by atoms with E-state index in [0.717, 1.165) is 0 Å². The van der Waals surface area contributed by atoms with E-state index in [9.17, 15) is 19.5 Å². The maximum absolute atomic E-state index is 13.3. The Morgan fingerprint density at radius 3 is 2.55 bits per heavy atom. The van der Waals surface area contributed by atoms with Crippen molar-refractivity contribution in [1.29, 1.82) is 0 Å². The number of methoxy groups -OCH3 is 1. The van der Waals surface area contributed by atoms with Crippen molar-refractivity contribution in [1.82, 2.24) is 0 Å². The van der Waals surface area contributed by atoms with Gasteiger partial charge in [-0.25, -0.2) is 4.79 Å². The number of amides is 1. The van der Waals surface area contributed by atoms with Gasteiger partial charge in [-0.05, 0) is 50.3 Å². The molecular formula is C22H18BrNO5. The van der Waals surface area contributed by atoms with Gasteiger partial charge in [-0.2, -0.15) is 0 Å². The normalized spacial score (nSPS) is 15.2. The number of ketones is 1. The highest BCUT2D eigenvalue weighted by molar-refractivity contribution is 9.10. The SMILES string of the molecule is COC(=O)C1=C(C)N(c2cccc(C(C)=O)c2)C(=O)C1=Cc1cc(Br)ccc1O. The largest absolute Gasteiger partial charge is 0.507 e. The van der Waals surface area contributed by atoms with Crippen LogP contribution in [0.25, 0.3) is 6.08 Å².